The zero-order valence-corrected chi connectivity index (χ0v) is 11.3. The lowest BCUT2D eigenvalue weighted by Crippen LogP contribution is -2.05. The van der Waals surface area contributed by atoms with Crippen LogP contribution in [-0.4, -0.2) is 17.1 Å². The van der Waals surface area contributed by atoms with Crippen molar-refractivity contribution in [2.24, 2.45) is 0 Å². The maximum atomic E-state index is 12.2. The van der Waals surface area contributed by atoms with Crippen LogP contribution in [0.4, 0.5) is 0 Å². The van der Waals surface area contributed by atoms with E-state index in [2.05, 4.69) is 9.97 Å². The summed E-state index contributed by atoms with van der Waals surface area (Å²) >= 11 is 0. The number of benzene rings is 1. The van der Waals surface area contributed by atoms with Gasteiger partial charge in [-0.25, -0.2) is 4.98 Å². The number of H-pyrrole nitrogens is 1. The molecule has 0 amide bonds. The van der Waals surface area contributed by atoms with E-state index in [-0.39, 0.29) is 5.43 Å². The van der Waals surface area contributed by atoms with Gasteiger partial charge in [0.1, 0.15) is 11.4 Å². The number of methoxy groups -OCH3 is 1. The number of ether oxygens (including phenoxy) is 1. The average molecular weight is 266 g/mol. The number of hydrogen-bond acceptors (Lipinski definition) is 3. The number of nitrogens with one attached hydrogen (secondary N) is 1. The maximum Gasteiger partial charge on any atom is 0.191 e. The number of pyridine rings is 2. The minimum atomic E-state index is -0.0455. The lowest BCUT2D eigenvalue weighted by atomic mass is 10.1. The van der Waals surface area contributed by atoms with Gasteiger partial charge in [0.15, 0.2) is 5.43 Å². The predicted octanol–water partition coefficient (Wildman–Crippen LogP) is 2.91. The largest absolute Gasteiger partial charge is 0.496 e. The van der Waals surface area contributed by atoms with Crippen molar-refractivity contribution in [2.75, 3.05) is 7.11 Å². The average Bonchev–Trinajstić information content (AvgIpc) is 2.47. The van der Waals surface area contributed by atoms with Gasteiger partial charge in [0.25, 0.3) is 0 Å². The Labute approximate surface area is 116 Å². The number of para-hydroxylation sites is 1. The van der Waals surface area contributed by atoms with Crippen LogP contribution in [0.5, 0.6) is 5.75 Å². The SMILES string of the molecule is COc1ccccc1-c1cc(=O)c2cc(C)cnc2[nH]1. The van der Waals surface area contributed by atoms with Crippen molar-refractivity contribution < 1.29 is 4.74 Å². The summed E-state index contributed by atoms with van der Waals surface area (Å²) in [6.45, 7) is 1.92. The fourth-order valence-corrected chi connectivity index (χ4v) is 2.24. The molecule has 0 aliphatic heterocycles. The summed E-state index contributed by atoms with van der Waals surface area (Å²) in [5, 5.41) is 0.601. The molecule has 0 aliphatic rings. The van der Waals surface area contributed by atoms with Gasteiger partial charge in [0.2, 0.25) is 0 Å². The van der Waals surface area contributed by atoms with E-state index in [9.17, 15) is 4.79 Å². The molecule has 3 aromatic rings. The molecule has 0 radical (unpaired) electrons. The van der Waals surface area contributed by atoms with Crippen molar-refractivity contribution in [2.45, 2.75) is 6.92 Å². The molecule has 100 valence electrons. The van der Waals surface area contributed by atoms with E-state index in [0.29, 0.717) is 16.7 Å². The third-order valence-electron chi connectivity index (χ3n) is 3.22. The highest BCUT2D eigenvalue weighted by molar-refractivity contribution is 5.79. The van der Waals surface area contributed by atoms with Crippen molar-refractivity contribution >= 4 is 11.0 Å². The normalized spacial score (nSPS) is 10.7. The zero-order valence-electron chi connectivity index (χ0n) is 11.3. The lowest BCUT2D eigenvalue weighted by Gasteiger charge is -2.09. The van der Waals surface area contributed by atoms with Gasteiger partial charge >= 0.3 is 0 Å². The molecule has 4 nitrogen and oxygen atoms in total. The second-order valence-electron chi connectivity index (χ2n) is 4.66. The molecule has 0 aliphatic carbocycles. The number of rotatable bonds is 2. The second kappa shape index (κ2) is 4.81. The summed E-state index contributed by atoms with van der Waals surface area (Å²) in [6, 6.07) is 11.0. The Morgan fingerprint density at radius 2 is 2.00 bits per heavy atom. The van der Waals surface area contributed by atoms with Gasteiger partial charge < -0.3 is 9.72 Å². The van der Waals surface area contributed by atoms with Crippen molar-refractivity contribution in [1.29, 1.82) is 0 Å². The fraction of sp³-hybridized carbons (Fsp3) is 0.125. The van der Waals surface area contributed by atoms with E-state index in [1.165, 1.54) is 0 Å². The zero-order chi connectivity index (χ0) is 14.1. The van der Waals surface area contributed by atoms with Crippen LogP contribution in [0.1, 0.15) is 5.56 Å². The quantitative estimate of drug-likeness (QED) is 0.776. The Kier molecular flexibility index (Phi) is 2.99. The number of aromatic nitrogens is 2. The van der Waals surface area contributed by atoms with Gasteiger partial charge in [0.05, 0.1) is 18.2 Å². The van der Waals surface area contributed by atoms with Crippen molar-refractivity contribution in [3.63, 3.8) is 0 Å². The van der Waals surface area contributed by atoms with E-state index in [4.69, 9.17) is 4.74 Å². The number of hydrogen-bond donors (Lipinski definition) is 1. The fourth-order valence-electron chi connectivity index (χ4n) is 2.24. The van der Waals surface area contributed by atoms with E-state index in [1.807, 2.05) is 37.3 Å². The third-order valence-corrected chi connectivity index (χ3v) is 3.22. The molecule has 2 heterocycles. The maximum absolute atomic E-state index is 12.2. The lowest BCUT2D eigenvalue weighted by molar-refractivity contribution is 0.416. The molecule has 0 atom stereocenters. The minimum Gasteiger partial charge on any atom is -0.496 e. The van der Waals surface area contributed by atoms with Crippen LogP contribution in [0, 0.1) is 6.92 Å². The summed E-state index contributed by atoms with van der Waals surface area (Å²) in [7, 11) is 1.61. The van der Waals surface area contributed by atoms with E-state index < -0.39 is 0 Å². The van der Waals surface area contributed by atoms with Crippen molar-refractivity contribution in [3.8, 4) is 17.0 Å². The second-order valence-corrected chi connectivity index (χ2v) is 4.66. The van der Waals surface area contributed by atoms with Gasteiger partial charge in [-0.3, -0.25) is 4.79 Å². The Bertz CT molecular complexity index is 837. The van der Waals surface area contributed by atoms with Crippen LogP contribution in [0.2, 0.25) is 0 Å². The van der Waals surface area contributed by atoms with Crippen LogP contribution in [0.15, 0.2) is 47.4 Å². The molecule has 20 heavy (non-hydrogen) atoms. The first-order chi connectivity index (χ1) is 9.69. The highest BCUT2D eigenvalue weighted by atomic mass is 16.5. The number of aryl methyl sites for hydroxylation is 1. The van der Waals surface area contributed by atoms with E-state index >= 15 is 0 Å². The van der Waals surface area contributed by atoms with E-state index in [1.54, 1.807) is 19.4 Å². The first-order valence-corrected chi connectivity index (χ1v) is 6.32. The van der Waals surface area contributed by atoms with Crippen LogP contribution >= 0.6 is 0 Å². The molecule has 0 fully saturated rings. The number of fused-ring (bicyclic) bond motifs is 1. The summed E-state index contributed by atoms with van der Waals surface area (Å²) in [6.07, 6.45) is 1.74. The predicted molar refractivity (Wildman–Crippen MR) is 79.1 cm³/mol. The standard InChI is InChI=1S/C16H14N2O2/c1-10-7-12-14(19)8-13(18-16(12)17-9-10)11-5-3-4-6-15(11)20-2/h3-9H,1-2H3,(H,17,18,19). The molecule has 0 saturated carbocycles. The Hall–Kier alpha value is -2.62. The summed E-state index contributed by atoms with van der Waals surface area (Å²) in [5.41, 5.74) is 3.06. The summed E-state index contributed by atoms with van der Waals surface area (Å²) in [5.74, 6) is 0.717. The smallest absolute Gasteiger partial charge is 0.191 e. The molecule has 1 N–H and O–H groups in total. The van der Waals surface area contributed by atoms with Crippen LogP contribution in [-0.2, 0) is 0 Å². The van der Waals surface area contributed by atoms with Gasteiger partial charge in [-0.2, -0.15) is 0 Å². The van der Waals surface area contributed by atoms with Gasteiger partial charge in [-0.05, 0) is 30.7 Å². The molecule has 3 rings (SSSR count). The Morgan fingerprint density at radius 1 is 1.20 bits per heavy atom. The first kappa shape index (κ1) is 12.4. The Morgan fingerprint density at radius 3 is 2.80 bits per heavy atom. The molecule has 0 unspecified atom stereocenters. The molecular weight excluding hydrogens is 252 g/mol. The topological polar surface area (TPSA) is 55.0 Å². The monoisotopic (exact) mass is 266 g/mol. The molecule has 4 heteroatoms. The van der Waals surface area contributed by atoms with Crippen molar-refractivity contribution in [1.82, 2.24) is 9.97 Å². The van der Waals surface area contributed by atoms with Crippen molar-refractivity contribution in [3.05, 3.63) is 58.4 Å². The highest BCUT2D eigenvalue weighted by Gasteiger charge is 2.09. The summed E-state index contributed by atoms with van der Waals surface area (Å²) in [4.78, 5) is 19.7. The van der Waals surface area contributed by atoms with E-state index in [0.717, 1.165) is 16.9 Å². The number of nitrogens with zero attached hydrogens (tertiary/aromatic N) is 1. The van der Waals surface area contributed by atoms with Crippen LogP contribution in [0.25, 0.3) is 22.3 Å². The van der Waals surface area contributed by atoms with Gasteiger partial charge in [-0.15, -0.1) is 0 Å². The number of aromatic amines is 1. The molecule has 0 saturated heterocycles. The minimum absolute atomic E-state index is 0.0455. The third kappa shape index (κ3) is 2.05. The first-order valence-electron chi connectivity index (χ1n) is 6.32. The Balaban J connectivity index is 2.28. The van der Waals surface area contributed by atoms with Crippen LogP contribution in [0.3, 0.4) is 0 Å². The van der Waals surface area contributed by atoms with Gasteiger partial charge in [-0.1, -0.05) is 12.1 Å². The molecule has 0 bridgehead atoms. The van der Waals surface area contributed by atoms with Gasteiger partial charge in [0, 0.05) is 17.8 Å². The molecule has 0 spiro atoms. The molecule has 1 aromatic carbocycles. The highest BCUT2D eigenvalue weighted by Crippen LogP contribution is 2.27. The molecular formula is C16H14N2O2. The van der Waals surface area contributed by atoms with Crippen LogP contribution < -0.4 is 10.2 Å². The summed E-state index contributed by atoms with van der Waals surface area (Å²) < 4.78 is 5.33. The molecule has 2 aromatic heterocycles.